The Morgan fingerprint density at radius 3 is 2.32 bits per heavy atom. The largest absolute Gasteiger partial charge is 0.495 e. The molecule has 25 heavy (non-hydrogen) atoms. The molecule has 1 amide bonds. The third kappa shape index (κ3) is 4.18. The minimum absolute atomic E-state index is 0.298. The summed E-state index contributed by atoms with van der Waals surface area (Å²) in [6, 6.07) is 5.02. The zero-order valence-corrected chi connectivity index (χ0v) is 15.7. The molecule has 1 aromatic carbocycles. The van der Waals surface area contributed by atoms with Gasteiger partial charge in [0, 0.05) is 13.1 Å². The lowest BCUT2D eigenvalue weighted by Gasteiger charge is -2.39. The third-order valence-electron chi connectivity index (χ3n) is 4.38. The first-order chi connectivity index (χ1) is 11.6. The highest BCUT2D eigenvalue weighted by atomic mass is 35.5. The summed E-state index contributed by atoms with van der Waals surface area (Å²) in [5, 5.41) is 10.3. The van der Waals surface area contributed by atoms with E-state index in [0.717, 1.165) is 0 Å². The van der Waals surface area contributed by atoms with Crippen LogP contribution in [0, 0.1) is 0 Å². The van der Waals surface area contributed by atoms with Crippen molar-refractivity contribution in [3.63, 3.8) is 0 Å². The predicted octanol–water partition coefficient (Wildman–Crippen LogP) is 3.70. The maximum atomic E-state index is 12.2. The number of nitrogens with zero attached hydrogens (tertiary/aromatic N) is 1. The highest BCUT2D eigenvalue weighted by Gasteiger charge is 2.44. The number of aliphatic carboxylic acids is 1. The number of likely N-dealkylation sites (tertiary alicyclic amines) is 1. The second-order valence-electron chi connectivity index (χ2n) is 7.20. The van der Waals surface area contributed by atoms with Gasteiger partial charge in [-0.1, -0.05) is 17.7 Å². The minimum atomic E-state index is -1.07. The van der Waals surface area contributed by atoms with Gasteiger partial charge in [-0.2, -0.15) is 0 Å². The molecule has 1 N–H and O–H groups in total. The fourth-order valence-electron chi connectivity index (χ4n) is 2.98. The SMILES string of the molecule is COc1cc(C2(C(=O)O)CCN(C(=O)OC(C)(C)C)CC2)ccc1Cl. The van der Waals surface area contributed by atoms with E-state index in [1.54, 1.807) is 43.9 Å². The molecule has 7 heteroatoms. The van der Waals surface area contributed by atoms with Crippen molar-refractivity contribution in [2.75, 3.05) is 20.2 Å². The van der Waals surface area contributed by atoms with Gasteiger partial charge >= 0.3 is 12.1 Å². The fraction of sp³-hybridized carbons (Fsp3) is 0.556. The summed E-state index contributed by atoms with van der Waals surface area (Å²) in [6.45, 7) is 6.03. The summed E-state index contributed by atoms with van der Waals surface area (Å²) in [4.78, 5) is 25.8. The van der Waals surface area contributed by atoms with Crippen molar-refractivity contribution in [2.45, 2.75) is 44.6 Å². The Kier molecular flexibility index (Phi) is 5.52. The topological polar surface area (TPSA) is 76.1 Å². The van der Waals surface area contributed by atoms with Crippen molar-refractivity contribution in [1.82, 2.24) is 4.90 Å². The van der Waals surface area contributed by atoms with Crippen molar-refractivity contribution in [3.8, 4) is 5.75 Å². The number of methoxy groups -OCH3 is 1. The first-order valence-corrected chi connectivity index (χ1v) is 8.52. The second kappa shape index (κ2) is 7.12. The normalized spacial score (nSPS) is 17.1. The number of amides is 1. The van der Waals surface area contributed by atoms with E-state index in [1.165, 1.54) is 7.11 Å². The number of carbonyl (C=O) groups excluding carboxylic acids is 1. The molecule has 0 atom stereocenters. The van der Waals surface area contributed by atoms with Crippen LogP contribution in [0.5, 0.6) is 5.75 Å². The average Bonchev–Trinajstić information content (AvgIpc) is 2.53. The molecule has 2 rings (SSSR count). The molecule has 0 unspecified atom stereocenters. The molecule has 1 aliphatic heterocycles. The molecule has 0 radical (unpaired) electrons. The summed E-state index contributed by atoms with van der Waals surface area (Å²) in [7, 11) is 1.49. The van der Waals surface area contributed by atoms with Crippen molar-refractivity contribution in [3.05, 3.63) is 28.8 Å². The Bertz CT molecular complexity index is 660. The molecule has 1 saturated heterocycles. The minimum Gasteiger partial charge on any atom is -0.495 e. The lowest BCUT2D eigenvalue weighted by Crippen LogP contribution is -2.50. The van der Waals surface area contributed by atoms with E-state index in [9.17, 15) is 14.7 Å². The van der Waals surface area contributed by atoms with Crippen LogP contribution in [-0.4, -0.2) is 47.9 Å². The summed E-state index contributed by atoms with van der Waals surface area (Å²) in [5.41, 5.74) is -1.02. The average molecular weight is 370 g/mol. The van der Waals surface area contributed by atoms with Gasteiger partial charge in [0.1, 0.15) is 11.4 Å². The number of ether oxygens (including phenoxy) is 2. The molecule has 1 fully saturated rings. The lowest BCUT2D eigenvalue weighted by molar-refractivity contribution is -0.146. The lowest BCUT2D eigenvalue weighted by atomic mass is 9.73. The van der Waals surface area contributed by atoms with Crippen LogP contribution in [0.3, 0.4) is 0 Å². The van der Waals surface area contributed by atoms with Crippen LogP contribution in [-0.2, 0) is 14.9 Å². The van der Waals surface area contributed by atoms with E-state index in [2.05, 4.69) is 0 Å². The number of benzene rings is 1. The highest BCUT2D eigenvalue weighted by molar-refractivity contribution is 6.32. The molecular formula is C18H24ClNO5. The first kappa shape index (κ1) is 19.4. The van der Waals surface area contributed by atoms with Crippen LogP contribution < -0.4 is 4.74 Å². The number of rotatable bonds is 3. The summed E-state index contributed by atoms with van der Waals surface area (Å²) in [6.07, 6.45) is 0.179. The van der Waals surface area contributed by atoms with Crippen molar-refractivity contribution in [1.29, 1.82) is 0 Å². The zero-order chi connectivity index (χ0) is 18.8. The maximum absolute atomic E-state index is 12.2. The van der Waals surface area contributed by atoms with Crippen LogP contribution >= 0.6 is 11.6 Å². The summed E-state index contributed by atoms with van der Waals surface area (Å²) < 4.78 is 10.6. The van der Waals surface area contributed by atoms with Gasteiger partial charge in [0.2, 0.25) is 0 Å². The molecule has 0 aliphatic carbocycles. The highest BCUT2D eigenvalue weighted by Crippen LogP contribution is 2.39. The van der Waals surface area contributed by atoms with Gasteiger partial charge in [-0.3, -0.25) is 4.79 Å². The molecule has 138 valence electrons. The smallest absolute Gasteiger partial charge is 0.410 e. The quantitative estimate of drug-likeness (QED) is 0.879. The maximum Gasteiger partial charge on any atom is 0.410 e. The van der Waals surface area contributed by atoms with Gasteiger partial charge < -0.3 is 19.5 Å². The van der Waals surface area contributed by atoms with Gasteiger partial charge in [-0.25, -0.2) is 4.79 Å². The van der Waals surface area contributed by atoms with Crippen molar-refractivity contribution < 1.29 is 24.2 Å². The second-order valence-corrected chi connectivity index (χ2v) is 7.61. The predicted molar refractivity (Wildman–Crippen MR) is 94.4 cm³/mol. The summed E-state index contributed by atoms with van der Waals surface area (Å²) >= 11 is 6.04. The van der Waals surface area contributed by atoms with Gasteiger partial charge in [0.05, 0.1) is 17.5 Å². The molecule has 6 nitrogen and oxygen atoms in total. The number of hydrogen-bond acceptors (Lipinski definition) is 4. The van der Waals surface area contributed by atoms with E-state index >= 15 is 0 Å². The fourth-order valence-corrected chi connectivity index (χ4v) is 3.18. The third-order valence-corrected chi connectivity index (χ3v) is 4.69. The van der Waals surface area contributed by atoms with Gasteiger partial charge in [-0.05, 0) is 51.3 Å². The van der Waals surface area contributed by atoms with Gasteiger partial charge in [0.15, 0.2) is 0 Å². The Hall–Kier alpha value is -1.95. The molecule has 0 spiro atoms. The van der Waals surface area contributed by atoms with E-state index in [-0.39, 0.29) is 0 Å². The van der Waals surface area contributed by atoms with E-state index in [0.29, 0.717) is 42.3 Å². The first-order valence-electron chi connectivity index (χ1n) is 8.14. The number of piperidine rings is 1. The van der Waals surface area contributed by atoms with Gasteiger partial charge in [0.25, 0.3) is 0 Å². The molecule has 1 aromatic rings. The number of halogens is 1. The van der Waals surface area contributed by atoms with Crippen LogP contribution in [0.2, 0.25) is 5.02 Å². The van der Waals surface area contributed by atoms with E-state index < -0.39 is 23.1 Å². The summed E-state index contributed by atoms with van der Waals surface area (Å²) in [5.74, 6) is -0.477. The number of carboxylic acid groups (broad SMARTS) is 1. The zero-order valence-electron chi connectivity index (χ0n) is 15.0. The van der Waals surface area contributed by atoms with E-state index in [4.69, 9.17) is 21.1 Å². The molecule has 1 aliphatic rings. The van der Waals surface area contributed by atoms with E-state index in [1.807, 2.05) is 0 Å². The molecular weight excluding hydrogens is 346 g/mol. The number of carbonyl (C=O) groups is 2. The Labute approximate surface area is 152 Å². The van der Waals surface area contributed by atoms with Crippen molar-refractivity contribution >= 4 is 23.7 Å². The van der Waals surface area contributed by atoms with Crippen LogP contribution in [0.1, 0.15) is 39.2 Å². The Morgan fingerprint density at radius 1 is 1.24 bits per heavy atom. The molecule has 0 aromatic heterocycles. The van der Waals surface area contributed by atoms with Gasteiger partial charge in [-0.15, -0.1) is 0 Å². The van der Waals surface area contributed by atoms with Crippen molar-refractivity contribution in [2.24, 2.45) is 0 Å². The standard InChI is InChI=1S/C18H24ClNO5/c1-17(2,3)25-16(23)20-9-7-18(8-10-20,15(21)22)12-5-6-13(19)14(11-12)24-4/h5-6,11H,7-10H2,1-4H3,(H,21,22). The van der Waals surface area contributed by atoms with Crippen LogP contribution in [0.15, 0.2) is 18.2 Å². The van der Waals surface area contributed by atoms with Crippen LogP contribution in [0.25, 0.3) is 0 Å². The monoisotopic (exact) mass is 369 g/mol. The number of hydrogen-bond donors (Lipinski definition) is 1. The molecule has 0 bridgehead atoms. The number of carboxylic acids is 1. The molecule has 0 saturated carbocycles. The Balaban J connectivity index is 2.22. The van der Waals surface area contributed by atoms with Crippen LogP contribution in [0.4, 0.5) is 4.79 Å². The Morgan fingerprint density at radius 2 is 1.84 bits per heavy atom. The molecule has 1 heterocycles.